The van der Waals surface area contributed by atoms with Gasteiger partial charge < -0.3 is 10.1 Å². The molecule has 0 aliphatic rings. The lowest BCUT2D eigenvalue weighted by Gasteiger charge is -2.14. The fraction of sp³-hybridized carbons (Fsp3) is 0.647. The van der Waals surface area contributed by atoms with Crippen molar-refractivity contribution in [2.24, 2.45) is 5.92 Å². The van der Waals surface area contributed by atoms with Gasteiger partial charge >= 0.3 is 0 Å². The van der Waals surface area contributed by atoms with Crippen molar-refractivity contribution in [3.8, 4) is 5.75 Å². The van der Waals surface area contributed by atoms with Gasteiger partial charge in [0.25, 0.3) is 0 Å². The third-order valence-electron chi connectivity index (χ3n) is 3.16. The molecule has 0 aliphatic carbocycles. The number of ether oxygens (including phenoxy) is 1. The van der Waals surface area contributed by atoms with Gasteiger partial charge in [-0.15, -0.1) is 0 Å². The van der Waals surface area contributed by atoms with Crippen LogP contribution in [0.15, 0.2) is 18.2 Å². The van der Waals surface area contributed by atoms with Crippen molar-refractivity contribution in [2.75, 3.05) is 13.2 Å². The maximum atomic E-state index is 6.26. The molecule has 0 heterocycles. The van der Waals surface area contributed by atoms with E-state index in [0.717, 1.165) is 37.4 Å². The van der Waals surface area contributed by atoms with Gasteiger partial charge in [0, 0.05) is 12.1 Å². The van der Waals surface area contributed by atoms with Gasteiger partial charge in [-0.05, 0) is 24.9 Å². The predicted molar refractivity (Wildman–Crippen MR) is 87.6 cm³/mol. The highest BCUT2D eigenvalue weighted by Gasteiger charge is 2.08. The molecule has 0 aliphatic heterocycles. The van der Waals surface area contributed by atoms with Crippen LogP contribution in [0.25, 0.3) is 0 Å². The summed E-state index contributed by atoms with van der Waals surface area (Å²) in [5.74, 6) is 1.49. The Kier molecular flexibility index (Phi) is 8.72. The standard InChI is InChI=1S/C17H28ClNO/c1-4-5-6-7-11-20-17-15(9-8-10-16(17)18)13-19-12-14(2)3/h8-10,14,19H,4-7,11-13H2,1-3H3. The molecule has 0 fully saturated rings. The van der Waals surface area contributed by atoms with Crippen LogP contribution >= 0.6 is 11.6 Å². The van der Waals surface area contributed by atoms with E-state index < -0.39 is 0 Å². The first-order chi connectivity index (χ1) is 9.65. The third-order valence-corrected chi connectivity index (χ3v) is 3.46. The van der Waals surface area contributed by atoms with Gasteiger partial charge in [-0.2, -0.15) is 0 Å². The lowest BCUT2D eigenvalue weighted by molar-refractivity contribution is 0.301. The summed E-state index contributed by atoms with van der Waals surface area (Å²) in [6.45, 7) is 9.19. The summed E-state index contributed by atoms with van der Waals surface area (Å²) in [6.07, 6.45) is 4.84. The Bertz CT molecular complexity index is 379. The van der Waals surface area contributed by atoms with E-state index in [1.165, 1.54) is 19.3 Å². The second-order valence-electron chi connectivity index (χ2n) is 5.66. The minimum Gasteiger partial charge on any atom is -0.492 e. The molecule has 1 aromatic rings. The molecule has 0 atom stereocenters. The molecule has 0 unspecified atom stereocenters. The number of hydrogen-bond acceptors (Lipinski definition) is 2. The highest BCUT2D eigenvalue weighted by Crippen LogP contribution is 2.29. The Labute approximate surface area is 128 Å². The second-order valence-corrected chi connectivity index (χ2v) is 6.07. The maximum Gasteiger partial charge on any atom is 0.142 e. The van der Waals surface area contributed by atoms with Gasteiger partial charge in [0.15, 0.2) is 0 Å². The maximum absolute atomic E-state index is 6.26. The molecule has 3 heteroatoms. The van der Waals surface area contributed by atoms with Crippen molar-refractivity contribution < 1.29 is 4.74 Å². The summed E-state index contributed by atoms with van der Waals surface area (Å²) in [4.78, 5) is 0. The Morgan fingerprint density at radius 3 is 2.70 bits per heavy atom. The molecule has 1 aromatic carbocycles. The Morgan fingerprint density at radius 1 is 1.20 bits per heavy atom. The molecule has 0 amide bonds. The first-order valence-electron chi connectivity index (χ1n) is 7.76. The zero-order chi connectivity index (χ0) is 14.8. The third kappa shape index (κ3) is 6.62. The first kappa shape index (κ1) is 17.3. The molecule has 0 bridgehead atoms. The number of rotatable bonds is 10. The average Bonchev–Trinajstić information content (AvgIpc) is 2.40. The molecule has 0 radical (unpaired) electrons. The van der Waals surface area contributed by atoms with Crippen molar-refractivity contribution in [2.45, 2.75) is 53.0 Å². The molecule has 0 saturated carbocycles. The molecule has 2 nitrogen and oxygen atoms in total. The van der Waals surface area contributed by atoms with Crippen LogP contribution in [0, 0.1) is 5.92 Å². The van der Waals surface area contributed by atoms with Crippen LogP contribution < -0.4 is 10.1 Å². The van der Waals surface area contributed by atoms with E-state index in [1.807, 2.05) is 12.1 Å². The SMILES string of the molecule is CCCCCCOc1c(Cl)cccc1CNCC(C)C. The van der Waals surface area contributed by atoms with Crippen molar-refractivity contribution in [1.82, 2.24) is 5.32 Å². The lowest BCUT2D eigenvalue weighted by Crippen LogP contribution is -2.19. The van der Waals surface area contributed by atoms with Crippen molar-refractivity contribution in [1.29, 1.82) is 0 Å². The van der Waals surface area contributed by atoms with Crippen LogP contribution in [-0.4, -0.2) is 13.2 Å². The highest BCUT2D eigenvalue weighted by molar-refractivity contribution is 6.32. The van der Waals surface area contributed by atoms with Crippen LogP contribution in [0.5, 0.6) is 5.75 Å². The number of halogens is 1. The monoisotopic (exact) mass is 297 g/mol. The number of nitrogens with one attached hydrogen (secondary N) is 1. The average molecular weight is 298 g/mol. The van der Waals surface area contributed by atoms with Crippen molar-refractivity contribution >= 4 is 11.6 Å². The Morgan fingerprint density at radius 2 is 2.00 bits per heavy atom. The first-order valence-corrected chi connectivity index (χ1v) is 8.13. The molecule has 20 heavy (non-hydrogen) atoms. The van der Waals surface area contributed by atoms with Gasteiger partial charge in [-0.25, -0.2) is 0 Å². The zero-order valence-corrected chi connectivity index (χ0v) is 13.8. The van der Waals surface area contributed by atoms with Crippen LogP contribution in [0.4, 0.5) is 0 Å². The van der Waals surface area contributed by atoms with E-state index in [9.17, 15) is 0 Å². The van der Waals surface area contributed by atoms with Crippen LogP contribution in [0.1, 0.15) is 52.0 Å². The second kappa shape index (κ2) is 10.1. The smallest absolute Gasteiger partial charge is 0.142 e. The summed E-state index contributed by atoms with van der Waals surface area (Å²) in [7, 11) is 0. The summed E-state index contributed by atoms with van der Waals surface area (Å²) in [5, 5.41) is 4.15. The molecule has 114 valence electrons. The van der Waals surface area contributed by atoms with Gasteiger partial charge in [0.2, 0.25) is 0 Å². The van der Waals surface area contributed by atoms with Crippen molar-refractivity contribution in [3.63, 3.8) is 0 Å². The van der Waals surface area contributed by atoms with Gasteiger partial charge in [0.1, 0.15) is 5.75 Å². The van der Waals surface area contributed by atoms with E-state index in [0.29, 0.717) is 10.9 Å². The topological polar surface area (TPSA) is 21.3 Å². The van der Waals surface area contributed by atoms with Crippen LogP contribution in [-0.2, 0) is 6.54 Å². The summed E-state index contributed by atoms with van der Waals surface area (Å²) < 4.78 is 5.90. The van der Waals surface area contributed by atoms with Crippen LogP contribution in [0.2, 0.25) is 5.02 Å². The zero-order valence-electron chi connectivity index (χ0n) is 13.0. The number of unbranched alkanes of at least 4 members (excludes halogenated alkanes) is 3. The molecule has 0 spiro atoms. The quantitative estimate of drug-likeness (QED) is 0.611. The highest BCUT2D eigenvalue weighted by atomic mass is 35.5. The number of para-hydroxylation sites is 1. The Balaban J connectivity index is 2.49. The van der Waals surface area contributed by atoms with Gasteiger partial charge in [-0.3, -0.25) is 0 Å². The fourth-order valence-electron chi connectivity index (χ4n) is 2.05. The van der Waals surface area contributed by atoms with Crippen LogP contribution in [0.3, 0.4) is 0 Å². The molecular formula is C17H28ClNO. The van der Waals surface area contributed by atoms with E-state index in [4.69, 9.17) is 16.3 Å². The summed E-state index contributed by atoms with van der Waals surface area (Å²) in [6, 6.07) is 5.97. The number of benzene rings is 1. The van der Waals surface area contributed by atoms with E-state index in [2.05, 4.69) is 32.2 Å². The lowest BCUT2D eigenvalue weighted by atomic mass is 10.1. The van der Waals surface area contributed by atoms with Crippen molar-refractivity contribution in [3.05, 3.63) is 28.8 Å². The molecule has 0 aromatic heterocycles. The van der Waals surface area contributed by atoms with E-state index in [1.54, 1.807) is 0 Å². The molecule has 0 saturated heterocycles. The fourth-order valence-corrected chi connectivity index (χ4v) is 2.30. The summed E-state index contributed by atoms with van der Waals surface area (Å²) >= 11 is 6.26. The van der Waals surface area contributed by atoms with E-state index in [-0.39, 0.29) is 0 Å². The molecule has 1 rings (SSSR count). The molecular weight excluding hydrogens is 270 g/mol. The number of hydrogen-bond donors (Lipinski definition) is 1. The minimum atomic E-state index is 0.646. The van der Waals surface area contributed by atoms with Gasteiger partial charge in [0.05, 0.1) is 11.6 Å². The van der Waals surface area contributed by atoms with Gasteiger partial charge in [-0.1, -0.05) is 63.8 Å². The molecule has 1 N–H and O–H groups in total. The largest absolute Gasteiger partial charge is 0.492 e. The Hall–Kier alpha value is -0.730. The van der Waals surface area contributed by atoms with E-state index >= 15 is 0 Å². The predicted octanol–water partition coefficient (Wildman–Crippen LogP) is 5.04. The summed E-state index contributed by atoms with van der Waals surface area (Å²) in [5.41, 5.74) is 1.15. The minimum absolute atomic E-state index is 0.646. The normalized spacial score (nSPS) is 11.1.